The quantitative estimate of drug-likeness (QED) is 0.829. The third-order valence-corrected chi connectivity index (χ3v) is 6.21. The van der Waals surface area contributed by atoms with Gasteiger partial charge in [-0.3, -0.25) is 0 Å². The van der Waals surface area contributed by atoms with Crippen molar-refractivity contribution in [3.8, 4) is 0 Å². The minimum absolute atomic E-state index is 0.0454. The zero-order valence-electron chi connectivity index (χ0n) is 15.4. The number of urea groups is 1. The van der Waals surface area contributed by atoms with Crippen LogP contribution in [0.25, 0.3) is 0 Å². The van der Waals surface area contributed by atoms with Gasteiger partial charge in [0.1, 0.15) is 0 Å². The number of ether oxygens (including phenoxy) is 1. The van der Waals surface area contributed by atoms with Crippen LogP contribution in [-0.4, -0.2) is 55.9 Å². The number of nitrogens with zero attached hydrogens (tertiary/aromatic N) is 1. The van der Waals surface area contributed by atoms with Gasteiger partial charge in [0.2, 0.25) is 0 Å². The molecule has 2 aliphatic heterocycles. The van der Waals surface area contributed by atoms with Crippen molar-refractivity contribution < 1.29 is 9.53 Å². The van der Waals surface area contributed by atoms with Gasteiger partial charge in [0.25, 0.3) is 0 Å². The summed E-state index contributed by atoms with van der Waals surface area (Å²) in [6.07, 6.45) is 6.93. The fourth-order valence-corrected chi connectivity index (χ4v) is 4.63. The minimum Gasteiger partial charge on any atom is -0.381 e. The Labute approximate surface area is 146 Å². The van der Waals surface area contributed by atoms with Gasteiger partial charge in [-0.05, 0) is 56.3 Å². The van der Waals surface area contributed by atoms with Crippen molar-refractivity contribution in [1.29, 1.82) is 0 Å². The number of likely N-dealkylation sites (tertiary alicyclic amines) is 1. The first-order valence-electron chi connectivity index (χ1n) is 9.97. The molecule has 3 aliphatic rings. The van der Waals surface area contributed by atoms with Gasteiger partial charge in [-0.2, -0.15) is 0 Å². The molecular formula is C19H35N3O2. The molecule has 4 atom stereocenters. The Bertz CT molecular complexity index is 403. The molecule has 3 fully saturated rings. The first-order valence-corrected chi connectivity index (χ1v) is 9.97. The van der Waals surface area contributed by atoms with E-state index in [0.29, 0.717) is 23.9 Å². The molecule has 0 bridgehead atoms. The van der Waals surface area contributed by atoms with Gasteiger partial charge in [-0.1, -0.05) is 13.8 Å². The number of carbonyl (C=O) groups is 1. The van der Waals surface area contributed by atoms with Gasteiger partial charge in [-0.15, -0.1) is 0 Å². The van der Waals surface area contributed by atoms with Crippen LogP contribution in [0.3, 0.4) is 0 Å². The second-order valence-electron chi connectivity index (χ2n) is 8.42. The van der Waals surface area contributed by atoms with E-state index in [1.807, 2.05) is 0 Å². The number of rotatable bonds is 4. The highest BCUT2D eigenvalue weighted by Crippen LogP contribution is 2.28. The predicted octanol–water partition coefficient (Wildman–Crippen LogP) is 2.61. The van der Waals surface area contributed by atoms with Crippen LogP contribution in [0.1, 0.15) is 52.4 Å². The Morgan fingerprint density at radius 1 is 1.08 bits per heavy atom. The Hall–Kier alpha value is -0.810. The van der Waals surface area contributed by atoms with E-state index in [2.05, 4.69) is 29.4 Å². The second kappa shape index (κ2) is 8.52. The van der Waals surface area contributed by atoms with Gasteiger partial charge in [-0.25, -0.2) is 4.79 Å². The van der Waals surface area contributed by atoms with E-state index in [0.717, 1.165) is 58.0 Å². The molecule has 24 heavy (non-hydrogen) atoms. The lowest BCUT2D eigenvalue weighted by Gasteiger charge is -2.35. The third-order valence-electron chi connectivity index (χ3n) is 6.21. The van der Waals surface area contributed by atoms with E-state index in [1.165, 1.54) is 19.3 Å². The summed E-state index contributed by atoms with van der Waals surface area (Å²) in [7, 11) is 0. The second-order valence-corrected chi connectivity index (χ2v) is 8.42. The lowest BCUT2D eigenvalue weighted by molar-refractivity contribution is 0.147. The van der Waals surface area contributed by atoms with Crippen molar-refractivity contribution in [1.82, 2.24) is 15.5 Å². The highest BCUT2D eigenvalue weighted by Gasteiger charge is 2.28. The highest BCUT2D eigenvalue weighted by atomic mass is 16.5. The first kappa shape index (κ1) is 18.0. The molecule has 2 heterocycles. The molecule has 1 aliphatic carbocycles. The lowest BCUT2D eigenvalue weighted by atomic mass is 9.80. The molecule has 2 saturated heterocycles. The maximum absolute atomic E-state index is 12.3. The van der Waals surface area contributed by atoms with Crippen molar-refractivity contribution in [3.05, 3.63) is 0 Å². The van der Waals surface area contributed by atoms with Crippen LogP contribution >= 0.6 is 0 Å². The predicted molar refractivity (Wildman–Crippen MR) is 96.0 cm³/mol. The van der Waals surface area contributed by atoms with Crippen LogP contribution < -0.4 is 10.6 Å². The van der Waals surface area contributed by atoms with Gasteiger partial charge >= 0.3 is 6.03 Å². The standard InChI is InChI=1S/C19H35N3O2/c1-14-3-4-18(15(2)11-14)21-19(23)20-17-5-8-22(9-6-17)12-16-7-10-24-13-16/h14-18H,3-13H2,1-2H3,(H2,20,21,23)/t14-,15+,16+,18+/m1/s1. The summed E-state index contributed by atoms with van der Waals surface area (Å²) in [5.41, 5.74) is 0. The molecule has 3 rings (SSSR count). The van der Waals surface area contributed by atoms with Gasteiger partial charge in [0.05, 0.1) is 6.61 Å². The SMILES string of the molecule is C[C@@H]1CC[C@H](NC(=O)NC2CCN(C[C@@H]3CCOC3)CC2)[C@@H](C)C1. The summed E-state index contributed by atoms with van der Waals surface area (Å²) in [4.78, 5) is 14.9. The summed E-state index contributed by atoms with van der Waals surface area (Å²) < 4.78 is 5.47. The monoisotopic (exact) mass is 337 g/mol. The van der Waals surface area contributed by atoms with Gasteiger partial charge in [0, 0.05) is 38.3 Å². The summed E-state index contributed by atoms with van der Waals surface area (Å²) in [5, 5.41) is 6.44. The summed E-state index contributed by atoms with van der Waals surface area (Å²) in [5.74, 6) is 2.11. The van der Waals surface area contributed by atoms with E-state index in [4.69, 9.17) is 4.74 Å². The van der Waals surface area contributed by atoms with Crippen molar-refractivity contribution in [2.75, 3.05) is 32.8 Å². The summed E-state index contributed by atoms with van der Waals surface area (Å²) in [6, 6.07) is 0.728. The molecule has 2 amide bonds. The molecule has 0 unspecified atom stereocenters. The van der Waals surface area contributed by atoms with E-state index in [-0.39, 0.29) is 6.03 Å². The van der Waals surface area contributed by atoms with E-state index >= 15 is 0 Å². The molecule has 1 saturated carbocycles. The van der Waals surface area contributed by atoms with E-state index < -0.39 is 0 Å². The van der Waals surface area contributed by atoms with Crippen LogP contribution in [0.4, 0.5) is 4.79 Å². The molecular weight excluding hydrogens is 302 g/mol. The smallest absolute Gasteiger partial charge is 0.315 e. The number of nitrogens with one attached hydrogen (secondary N) is 2. The largest absolute Gasteiger partial charge is 0.381 e. The Morgan fingerprint density at radius 2 is 1.88 bits per heavy atom. The van der Waals surface area contributed by atoms with Crippen molar-refractivity contribution in [2.24, 2.45) is 17.8 Å². The van der Waals surface area contributed by atoms with Crippen LogP contribution in [-0.2, 0) is 4.74 Å². The average Bonchev–Trinajstić information content (AvgIpc) is 3.05. The number of hydrogen-bond donors (Lipinski definition) is 2. The Balaban J connectivity index is 1.34. The zero-order chi connectivity index (χ0) is 16.9. The minimum atomic E-state index is 0.0454. The first-order chi connectivity index (χ1) is 11.6. The van der Waals surface area contributed by atoms with E-state index in [1.54, 1.807) is 0 Å². The third kappa shape index (κ3) is 5.09. The summed E-state index contributed by atoms with van der Waals surface area (Å²) in [6.45, 7) is 9.80. The molecule has 2 N–H and O–H groups in total. The number of carbonyl (C=O) groups excluding carboxylic acids is 1. The molecule has 0 aromatic carbocycles. The maximum Gasteiger partial charge on any atom is 0.315 e. The Kier molecular flexibility index (Phi) is 6.39. The molecule has 5 nitrogen and oxygen atoms in total. The normalized spacial score (nSPS) is 35.8. The lowest BCUT2D eigenvalue weighted by Crippen LogP contribution is -2.52. The molecule has 0 aromatic heterocycles. The zero-order valence-corrected chi connectivity index (χ0v) is 15.4. The van der Waals surface area contributed by atoms with Crippen LogP contribution in [0.2, 0.25) is 0 Å². The molecule has 0 aromatic rings. The molecule has 0 radical (unpaired) electrons. The fourth-order valence-electron chi connectivity index (χ4n) is 4.63. The number of hydrogen-bond acceptors (Lipinski definition) is 3. The molecule has 138 valence electrons. The summed E-state index contributed by atoms with van der Waals surface area (Å²) >= 11 is 0. The van der Waals surface area contributed by atoms with Crippen molar-refractivity contribution in [3.63, 3.8) is 0 Å². The fraction of sp³-hybridized carbons (Fsp3) is 0.947. The number of piperidine rings is 1. The Morgan fingerprint density at radius 3 is 2.54 bits per heavy atom. The maximum atomic E-state index is 12.3. The van der Waals surface area contributed by atoms with Crippen LogP contribution in [0.15, 0.2) is 0 Å². The average molecular weight is 338 g/mol. The number of amides is 2. The topological polar surface area (TPSA) is 53.6 Å². The molecule has 0 spiro atoms. The van der Waals surface area contributed by atoms with Crippen molar-refractivity contribution in [2.45, 2.75) is 64.5 Å². The van der Waals surface area contributed by atoms with E-state index in [9.17, 15) is 4.79 Å². The van der Waals surface area contributed by atoms with Gasteiger partial charge in [0.15, 0.2) is 0 Å². The highest BCUT2D eigenvalue weighted by molar-refractivity contribution is 5.74. The van der Waals surface area contributed by atoms with Crippen molar-refractivity contribution >= 4 is 6.03 Å². The van der Waals surface area contributed by atoms with Crippen LogP contribution in [0, 0.1) is 17.8 Å². The van der Waals surface area contributed by atoms with Gasteiger partial charge < -0.3 is 20.3 Å². The van der Waals surface area contributed by atoms with Crippen LogP contribution in [0.5, 0.6) is 0 Å². The molecule has 5 heteroatoms.